The van der Waals surface area contributed by atoms with Gasteiger partial charge in [0.25, 0.3) is 5.91 Å². The van der Waals surface area contributed by atoms with E-state index >= 15 is 0 Å². The van der Waals surface area contributed by atoms with Gasteiger partial charge in [-0.05, 0) is 43.2 Å². The summed E-state index contributed by atoms with van der Waals surface area (Å²) < 4.78 is 15.2. The fraction of sp³-hybridized carbons (Fsp3) is 0.250. The minimum absolute atomic E-state index is 0.145. The van der Waals surface area contributed by atoms with Crippen LogP contribution < -0.4 is 0 Å². The van der Waals surface area contributed by atoms with Gasteiger partial charge >= 0.3 is 0 Å². The lowest BCUT2D eigenvalue weighted by Gasteiger charge is -2.28. The van der Waals surface area contributed by atoms with E-state index in [1.807, 2.05) is 35.0 Å². The number of pyridine rings is 1. The largest absolute Gasteiger partial charge is 0.337 e. The number of nitrogens with zero attached hydrogens (tertiary/aromatic N) is 4. The molecule has 1 saturated heterocycles. The predicted molar refractivity (Wildman–Crippen MR) is 97.4 cm³/mol. The maximum atomic E-state index is 13.3. The fourth-order valence-corrected chi connectivity index (χ4v) is 3.26. The molecule has 1 aliphatic rings. The van der Waals surface area contributed by atoms with Crippen molar-refractivity contribution >= 4 is 22.6 Å². The van der Waals surface area contributed by atoms with Crippen molar-refractivity contribution in [2.24, 2.45) is 0 Å². The second-order valence-electron chi connectivity index (χ2n) is 6.38. The number of benzene rings is 1. The second-order valence-corrected chi connectivity index (χ2v) is 6.38. The molecule has 130 valence electrons. The Labute approximate surface area is 150 Å². The highest BCUT2D eigenvalue weighted by Gasteiger charge is 2.24. The molecule has 0 spiro atoms. The van der Waals surface area contributed by atoms with E-state index in [2.05, 4.69) is 9.83 Å². The van der Waals surface area contributed by atoms with E-state index in [1.165, 1.54) is 0 Å². The minimum atomic E-state index is -0.808. The van der Waals surface area contributed by atoms with E-state index in [0.29, 0.717) is 37.3 Å². The first-order valence-electron chi connectivity index (χ1n) is 8.55. The van der Waals surface area contributed by atoms with Crippen LogP contribution in [-0.2, 0) is 0 Å². The number of amides is 1. The number of carbonyl (C=O) groups is 1. The van der Waals surface area contributed by atoms with Crippen LogP contribution in [0.3, 0.4) is 0 Å². The Morgan fingerprint density at radius 2 is 1.85 bits per heavy atom. The molecular formula is C20H17FN4O. The summed E-state index contributed by atoms with van der Waals surface area (Å²) in [7, 11) is 0. The maximum absolute atomic E-state index is 13.3. The Morgan fingerprint density at radius 3 is 2.54 bits per heavy atom. The van der Waals surface area contributed by atoms with Crippen LogP contribution in [0.15, 0.2) is 48.7 Å². The summed E-state index contributed by atoms with van der Waals surface area (Å²) in [6.07, 6.45) is 1.88. The number of piperidine rings is 1. The third-order valence-electron chi connectivity index (χ3n) is 4.73. The van der Waals surface area contributed by atoms with E-state index < -0.39 is 6.17 Å². The number of fused-ring (bicyclic) bond motifs is 1. The Morgan fingerprint density at radius 1 is 1.12 bits per heavy atom. The molecule has 1 aliphatic heterocycles. The van der Waals surface area contributed by atoms with E-state index in [1.54, 1.807) is 23.1 Å². The Bertz CT molecular complexity index is 995. The van der Waals surface area contributed by atoms with Crippen LogP contribution in [0.1, 0.15) is 23.3 Å². The van der Waals surface area contributed by atoms with Gasteiger partial charge < -0.3 is 9.47 Å². The first kappa shape index (κ1) is 16.3. The molecule has 0 saturated carbocycles. The third kappa shape index (κ3) is 2.93. The Hall–Kier alpha value is -3.20. The molecule has 3 aromatic rings. The van der Waals surface area contributed by atoms with Crippen molar-refractivity contribution in [1.82, 2.24) is 14.5 Å². The standard InChI is InChI=1S/C20H17FN4O/c1-22-15-2-4-16(5-3-15)25-13-10-17-19(25)7-6-18(23-17)20(26)24-11-8-14(21)9-12-24/h2-7,10,13-14H,8-9,11-12H2. The highest BCUT2D eigenvalue weighted by molar-refractivity contribution is 5.94. The van der Waals surface area contributed by atoms with E-state index in [-0.39, 0.29) is 5.91 Å². The van der Waals surface area contributed by atoms with Crippen molar-refractivity contribution < 1.29 is 9.18 Å². The van der Waals surface area contributed by atoms with E-state index in [4.69, 9.17) is 6.57 Å². The van der Waals surface area contributed by atoms with Crippen LogP contribution in [0.25, 0.3) is 21.6 Å². The molecule has 0 atom stereocenters. The van der Waals surface area contributed by atoms with Gasteiger partial charge in [-0.2, -0.15) is 0 Å². The molecule has 4 rings (SSSR count). The molecule has 0 N–H and O–H groups in total. The molecule has 0 unspecified atom stereocenters. The molecule has 0 aliphatic carbocycles. The molecule has 6 heteroatoms. The Balaban J connectivity index is 1.63. The zero-order valence-electron chi connectivity index (χ0n) is 14.1. The number of aromatic nitrogens is 2. The summed E-state index contributed by atoms with van der Waals surface area (Å²) in [6.45, 7) is 7.91. The van der Waals surface area contributed by atoms with Crippen LogP contribution >= 0.6 is 0 Å². The van der Waals surface area contributed by atoms with Crippen molar-refractivity contribution in [2.75, 3.05) is 13.1 Å². The SMILES string of the molecule is [C-]#[N+]c1ccc(-n2ccc3nc(C(=O)N4CCC(F)CC4)ccc32)cc1. The first-order chi connectivity index (χ1) is 12.7. The van der Waals surface area contributed by atoms with Crippen molar-refractivity contribution in [3.8, 4) is 5.69 Å². The Kier molecular flexibility index (Phi) is 4.13. The lowest BCUT2D eigenvalue weighted by Crippen LogP contribution is -2.39. The van der Waals surface area contributed by atoms with Crippen LogP contribution in [0.4, 0.5) is 10.1 Å². The molecular weight excluding hydrogens is 331 g/mol. The fourth-order valence-electron chi connectivity index (χ4n) is 3.26. The van der Waals surface area contributed by atoms with E-state index in [9.17, 15) is 9.18 Å². The second kappa shape index (κ2) is 6.60. The third-order valence-corrected chi connectivity index (χ3v) is 4.73. The molecule has 1 aromatic carbocycles. The van der Waals surface area contributed by atoms with Gasteiger partial charge in [-0.3, -0.25) is 4.79 Å². The minimum Gasteiger partial charge on any atom is -0.337 e. The monoisotopic (exact) mass is 348 g/mol. The summed E-state index contributed by atoms with van der Waals surface area (Å²) >= 11 is 0. The van der Waals surface area contributed by atoms with Crippen LogP contribution in [0, 0.1) is 6.57 Å². The quantitative estimate of drug-likeness (QED) is 0.653. The van der Waals surface area contributed by atoms with Crippen LogP contribution in [0.5, 0.6) is 0 Å². The van der Waals surface area contributed by atoms with Gasteiger partial charge in [-0.25, -0.2) is 14.2 Å². The molecule has 1 fully saturated rings. The molecule has 1 amide bonds. The lowest BCUT2D eigenvalue weighted by molar-refractivity contribution is 0.0661. The normalized spacial score (nSPS) is 15.2. The molecule has 3 heterocycles. The molecule has 0 radical (unpaired) electrons. The molecule has 26 heavy (non-hydrogen) atoms. The summed E-state index contributed by atoms with van der Waals surface area (Å²) in [5.74, 6) is -0.145. The number of likely N-dealkylation sites (tertiary alicyclic amines) is 1. The van der Waals surface area contributed by atoms with Crippen molar-refractivity contribution in [3.63, 3.8) is 0 Å². The molecule has 0 bridgehead atoms. The summed E-state index contributed by atoms with van der Waals surface area (Å²) in [4.78, 5) is 22.2. The number of carbonyl (C=O) groups excluding carboxylic acids is 1. The van der Waals surface area contributed by atoms with Crippen molar-refractivity contribution in [1.29, 1.82) is 0 Å². The number of alkyl halides is 1. The average molecular weight is 348 g/mol. The van der Waals surface area contributed by atoms with Gasteiger partial charge in [0.1, 0.15) is 11.9 Å². The van der Waals surface area contributed by atoms with E-state index in [0.717, 1.165) is 16.7 Å². The average Bonchev–Trinajstić information content (AvgIpc) is 3.11. The first-order valence-corrected chi connectivity index (χ1v) is 8.55. The number of hydrogen-bond acceptors (Lipinski definition) is 2. The smallest absolute Gasteiger partial charge is 0.272 e. The van der Waals surface area contributed by atoms with Gasteiger partial charge in [0.05, 0.1) is 17.6 Å². The van der Waals surface area contributed by atoms with Gasteiger partial charge in [0, 0.05) is 25.0 Å². The molecule has 5 nitrogen and oxygen atoms in total. The summed E-state index contributed by atoms with van der Waals surface area (Å²) in [6, 6.07) is 12.8. The van der Waals surface area contributed by atoms with Gasteiger partial charge in [-0.15, -0.1) is 0 Å². The zero-order valence-corrected chi connectivity index (χ0v) is 14.1. The lowest BCUT2D eigenvalue weighted by atomic mass is 10.1. The van der Waals surface area contributed by atoms with Crippen molar-refractivity contribution in [3.05, 3.63) is 65.8 Å². The summed E-state index contributed by atoms with van der Waals surface area (Å²) in [5, 5.41) is 0. The highest BCUT2D eigenvalue weighted by Crippen LogP contribution is 2.23. The molecule has 2 aromatic heterocycles. The zero-order chi connectivity index (χ0) is 18.1. The highest BCUT2D eigenvalue weighted by atomic mass is 19.1. The topological polar surface area (TPSA) is 42.5 Å². The number of hydrogen-bond donors (Lipinski definition) is 0. The number of rotatable bonds is 2. The van der Waals surface area contributed by atoms with Gasteiger partial charge in [0.2, 0.25) is 0 Å². The predicted octanol–water partition coefficient (Wildman–Crippen LogP) is 4.15. The van der Waals surface area contributed by atoms with Gasteiger partial charge in [0.15, 0.2) is 5.69 Å². The summed E-state index contributed by atoms with van der Waals surface area (Å²) in [5.41, 5.74) is 3.52. The van der Waals surface area contributed by atoms with Gasteiger partial charge in [-0.1, -0.05) is 12.1 Å². The van der Waals surface area contributed by atoms with Crippen LogP contribution in [-0.4, -0.2) is 39.6 Å². The number of halogens is 1. The van der Waals surface area contributed by atoms with Crippen LogP contribution in [0.2, 0.25) is 0 Å². The maximum Gasteiger partial charge on any atom is 0.272 e. The van der Waals surface area contributed by atoms with Crippen molar-refractivity contribution in [2.45, 2.75) is 19.0 Å².